The van der Waals surface area contributed by atoms with Gasteiger partial charge in [0.2, 0.25) is 0 Å². The number of aromatic nitrogens is 1. The van der Waals surface area contributed by atoms with Gasteiger partial charge in [-0.2, -0.15) is 0 Å². The van der Waals surface area contributed by atoms with Crippen LogP contribution in [0.15, 0.2) is 22.8 Å². The fourth-order valence-electron chi connectivity index (χ4n) is 4.56. The molecule has 3 heterocycles. The monoisotopic (exact) mass is 470 g/mol. The third-order valence-electron chi connectivity index (χ3n) is 5.94. The average molecular weight is 472 g/mol. The van der Waals surface area contributed by atoms with E-state index >= 15 is 0 Å². The summed E-state index contributed by atoms with van der Waals surface area (Å²) in [6, 6.07) is 4.09. The summed E-state index contributed by atoms with van der Waals surface area (Å²) in [6.07, 6.45) is 4.50. The Balaban J connectivity index is 1.67. The summed E-state index contributed by atoms with van der Waals surface area (Å²) in [7, 11) is -2.93. The first-order valence-electron chi connectivity index (χ1n) is 9.52. The number of hydrogen-bond donors (Lipinski definition) is 0. The minimum absolute atomic E-state index is 0.167. The predicted octanol–water partition coefficient (Wildman–Crippen LogP) is 5.18. The zero-order valence-electron chi connectivity index (χ0n) is 15.6. The van der Waals surface area contributed by atoms with E-state index in [1.165, 1.54) is 5.56 Å². The number of anilines is 1. The summed E-state index contributed by atoms with van der Waals surface area (Å²) < 4.78 is 25.9. The van der Waals surface area contributed by atoms with E-state index in [9.17, 15) is 8.42 Å². The van der Waals surface area contributed by atoms with Gasteiger partial charge in [0.05, 0.1) is 11.0 Å². The van der Waals surface area contributed by atoms with Gasteiger partial charge in [-0.05, 0) is 41.8 Å². The van der Waals surface area contributed by atoms with Crippen LogP contribution in [0.25, 0.3) is 10.8 Å². The molecular weight excluding hydrogens is 448 g/mol. The summed E-state index contributed by atoms with van der Waals surface area (Å²) in [5, 5.41) is 2.52. The number of nitrogens with zero attached hydrogens (tertiary/aromatic N) is 2. The Morgan fingerprint density at radius 1 is 1.22 bits per heavy atom. The molecule has 0 bridgehead atoms. The summed E-state index contributed by atoms with van der Waals surface area (Å²) in [4.78, 5) is 6.58. The molecular formula is C20H24BrClN2O2S. The van der Waals surface area contributed by atoms with Crippen LogP contribution in [0.5, 0.6) is 0 Å². The lowest BCUT2D eigenvalue weighted by Crippen LogP contribution is -2.55. The third kappa shape index (κ3) is 3.49. The first kappa shape index (κ1) is 19.5. The standard InChI is InChI=1S/C20H24BrClN2O2S/c1-12(2)20-14-7-19(22)23-9-15(14)17(8-16(20)21)24-10-13(11-24)18-5-3-4-6-27(18,25)26/h7-9,12-13,18H,3-6,10-11H2,1-2H3. The molecule has 7 heteroatoms. The van der Waals surface area contributed by atoms with Gasteiger partial charge in [-0.3, -0.25) is 0 Å². The highest BCUT2D eigenvalue weighted by Gasteiger charge is 2.42. The highest BCUT2D eigenvalue weighted by molar-refractivity contribution is 9.10. The van der Waals surface area contributed by atoms with Crippen molar-refractivity contribution in [3.05, 3.63) is 33.5 Å². The molecule has 1 aromatic carbocycles. The Bertz CT molecular complexity index is 987. The van der Waals surface area contributed by atoms with Crippen LogP contribution in [0.1, 0.15) is 44.6 Å². The van der Waals surface area contributed by atoms with E-state index in [1.807, 2.05) is 12.3 Å². The number of pyridine rings is 1. The molecule has 1 unspecified atom stereocenters. The van der Waals surface area contributed by atoms with Crippen molar-refractivity contribution in [1.82, 2.24) is 4.98 Å². The topological polar surface area (TPSA) is 50.3 Å². The molecule has 0 saturated carbocycles. The Kier molecular flexibility index (Phi) is 5.19. The summed E-state index contributed by atoms with van der Waals surface area (Å²) in [5.41, 5.74) is 2.33. The zero-order valence-corrected chi connectivity index (χ0v) is 18.7. The molecule has 2 aromatic rings. The molecule has 146 valence electrons. The van der Waals surface area contributed by atoms with Crippen LogP contribution in [-0.4, -0.2) is 37.5 Å². The minimum atomic E-state index is -2.93. The fourth-order valence-corrected chi connectivity index (χ4v) is 7.80. The van der Waals surface area contributed by atoms with E-state index in [4.69, 9.17) is 11.6 Å². The van der Waals surface area contributed by atoms with Crippen LogP contribution in [0, 0.1) is 5.92 Å². The number of halogens is 2. The van der Waals surface area contributed by atoms with Crippen molar-refractivity contribution in [2.75, 3.05) is 23.7 Å². The second-order valence-corrected chi connectivity index (χ2v) is 11.6. The normalized spacial score (nSPS) is 23.0. The molecule has 0 radical (unpaired) electrons. The Morgan fingerprint density at radius 3 is 2.63 bits per heavy atom. The van der Waals surface area contributed by atoms with Crippen molar-refractivity contribution in [2.24, 2.45) is 5.92 Å². The van der Waals surface area contributed by atoms with Crippen molar-refractivity contribution in [3.63, 3.8) is 0 Å². The largest absolute Gasteiger partial charge is 0.370 e. The molecule has 4 rings (SSSR count). The van der Waals surface area contributed by atoms with Gasteiger partial charge in [0.25, 0.3) is 0 Å². The molecule has 1 aromatic heterocycles. The maximum absolute atomic E-state index is 12.4. The van der Waals surface area contributed by atoms with E-state index in [1.54, 1.807) is 0 Å². The van der Waals surface area contributed by atoms with Crippen molar-refractivity contribution >= 4 is 53.8 Å². The lowest BCUT2D eigenvalue weighted by Gasteiger charge is -2.46. The Labute approximate surface area is 174 Å². The van der Waals surface area contributed by atoms with E-state index < -0.39 is 9.84 Å². The second-order valence-electron chi connectivity index (χ2n) is 8.06. The van der Waals surface area contributed by atoms with E-state index in [0.717, 1.165) is 53.3 Å². The van der Waals surface area contributed by atoms with Crippen LogP contribution in [0.2, 0.25) is 5.15 Å². The first-order valence-corrected chi connectivity index (χ1v) is 12.4. The Morgan fingerprint density at radius 2 is 1.96 bits per heavy atom. The van der Waals surface area contributed by atoms with Crippen molar-refractivity contribution in [1.29, 1.82) is 0 Å². The van der Waals surface area contributed by atoms with Crippen LogP contribution < -0.4 is 4.90 Å². The summed E-state index contributed by atoms with van der Waals surface area (Å²) in [6.45, 7) is 5.91. The van der Waals surface area contributed by atoms with Crippen LogP contribution in [0.3, 0.4) is 0 Å². The molecule has 0 amide bonds. The lowest BCUT2D eigenvalue weighted by molar-refractivity contribution is 0.360. The van der Waals surface area contributed by atoms with Gasteiger partial charge in [0, 0.05) is 40.8 Å². The second kappa shape index (κ2) is 7.20. The van der Waals surface area contributed by atoms with Gasteiger partial charge < -0.3 is 4.90 Å². The van der Waals surface area contributed by atoms with Crippen LogP contribution >= 0.6 is 27.5 Å². The van der Waals surface area contributed by atoms with Gasteiger partial charge in [-0.1, -0.05) is 47.8 Å². The SMILES string of the molecule is CC(C)c1c(Br)cc(N2CC(C3CCCCS3(=O)=O)C2)c2cnc(Cl)cc12. The van der Waals surface area contributed by atoms with E-state index in [0.29, 0.717) is 16.8 Å². The van der Waals surface area contributed by atoms with Crippen LogP contribution in [-0.2, 0) is 9.84 Å². The number of benzene rings is 1. The number of fused-ring (bicyclic) bond motifs is 1. The molecule has 0 N–H and O–H groups in total. The fraction of sp³-hybridized carbons (Fsp3) is 0.550. The molecule has 1 atom stereocenters. The molecule has 4 nitrogen and oxygen atoms in total. The third-order valence-corrected chi connectivity index (χ3v) is 9.20. The molecule has 2 saturated heterocycles. The average Bonchev–Trinajstić information content (AvgIpc) is 2.53. The molecule has 0 spiro atoms. The van der Waals surface area contributed by atoms with Crippen LogP contribution in [0.4, 0.5) is 5.69 Å². The van der Waals surface area contributed by atoms with Crippen molar-refractivity contribution in [2.45, 2.75) is 44.3 Å². The maximum Gasteiger partial charge on any atom is 0.153 e. The predicted molar refractivity (Wildman–Crippen MR) is 116 cm³/mol. The highest BCUT2D eigenvalue weighted by atomic mass is 79.9. The van der Waals surface area contributed by atoms with Gasteiger partial charge in [0.1, 0.15) is 5.15 Å². The van der Waals surface area contributed by atoms with Crippen molar-refractivity contribution < 1.29 is 8.42 Å². The van der Waals surface area contributed by atoms with Gasteiger partial charge in [-0.25, -0.2) is 13.4 Å². The lowest BCUT2D eigenvalue weighted by atomic mass is 9.90. The van der Waals surface area contributed by atoms with E-state index in [2.05, 4.69) is 45.7 Å². The molecule has 2 aliphatic rings. The van der Waals surface area contributed by atoms with Gasteiger partial charge >= 0.3 is 0 Å². The molecule has 2 aliphatic heterocycles. The molecule has 0 aliphatic carbocycles. The Hall–Kier alpha value is -0.850. The maximum atomic E-state index is 12.4. The van der Waals surface area contributed by atoms with Gasteiger partial charge in [-0.15, -0.1) is 0 Å². The number of rotatable bonds is 3. The highest BCUT2D eigenvalue weighted by Crippen LogP contribution is 2.42. The molecule has 27 heavy (non-hydrogen) atoms. The quantitative estimate of drug-likeness (QED) is 0.579. The summed E-state index contributed by atoms with van der Waals surface area (Å²) >= 11 is 9.92. The summed E-state index contributed by atoms with van der Waals surface area (Å²) in [5.74, 6) is 0.939. The number of sulfone groups is 1. The van der Waals surface area contributed by atoms with Crippen molar-refractivity contribution in [3.8, 4) is 0 Å². The van der Waals surface area contributed by atoms with E-state index in [-0.39, 0.29) is 11.2 Å². The number of hydrogen-bond acceptors (Lipinski definition) is 4. The van der Waals surface area contributed by atoms with Gasteiger partial charge in [0.15, 0.2) is 9.84 Å². The molecule has 2 fully saturated rings. The zero-order chi connectivity index (χ0) is 19.3. The smallest absolute Gasteiger partial charge is 0.153 e. The minimum Gasteiger partial charge on any atom is -0.370 e. The first-order chi connectivity index (χ1) is 12.8.